The standard InChI is InChI=1S/C18H17ClF2/c19-18-13(11-15-16(20)9-4-10-17(15)21)7-3-6-12-5-1-2-8-14(12)18/h1-2,4-5,8-10,13,18H,3,6-7,11H2. The number of benzene rings is 2. The van der Waals surface area contributed by atoms with Crippen molar-refractivity contribution < 1.29 is 8.78 Å². The summed E-state index contributed by atoms with van der Waals surface area (Å²) in [6, 6.07) is 12.1. The molecule has 21 heavy (non-hydrogen) atoms. The lowest BCUT2D eigenvalue weighted by atomic mass is 9.89. The van der Waals surface area contributed by atoms with Gasteiger partial charge in [-0.3, -0.25) is 0 Å². The van der Waals surface area contributed by atoms with Crippen molar-refractivity contribution in [3.8, 4) is 0 Å². The first-order valence-electron chi connectivity index (χ1n) is 7.31. The minimum absolute atomic E-state index is 0.0571. The highest BCUT2D eigenvalue weighted by Gasteiger charge is 2.27. The SMILES string of the molecule is Fc1cccc(F)c1CC1CCCc2ccccc2C1Cl. The topological polar surface area (TPSA) is 0 Å². The van der Waals surface area contributed by atoms with Crippen molar-refractivity contribution in [2.75, 3.05) is 0 Å². The van der Waals surface area contributed by atoms with Crippen molar-refractivity contribution in [1.82, 2.24) is 0 Å². The van der Waals surface area contributed by atoms with Crippen LogP contribution in [0.4, 0.5) is 8.78 Å². The molecule has 2 unspecified atom stereocenters. The first-order chi connectivity index (χ1) is 10.2. The van der Waals surface area contributed by atoms with Crippen molar-refractivity contribution in [3.63, 3.8) is 0 Å². The first kappa shape index (κ1) is 14.5. The summed E-state index contributed by atoms with van der Waals surface area (Å²) >= 11 is 6.63. The molecule has 0 saturated carbocycles. The Morgan fingerprint density at radius 3 is 2.48 bits per heavy atom. The molecule has 0 N–H and O–H groups in total. The molecule has 0 heterocycles. The molecule has 2 aromatic rings. The Labute approximate surface area is 128 Å². The molecule has 1 aliphatic rings. The molecule has 110 valence electrons. The van der Waals surface area contributed by atoms with Crippen molar-refractivity contribution in [2.45, 2.75) is 31.1 Å². The van der Waals surface area contributed by atoms with Gasteiger partial charge in [-0.2, -0.15) is 0 Å². The van der Waals surface area contributed by atoms with Gasteiger partial charge in [0.2, 0.25) is 0 Å². The van der Waals surface area contributed by atoms with E-state index in [2.05, 4.69) is 6.07 Å². The second kappa shape index (κ2) is 6.15. The van der Waals surface area contributed by atoms with E-state index in [4.69, 9.17) is 11.6 Å². The molecule has 0 fully saturated rings. The van der Waals surface area contributed by atoms with E-state index in [9.17, 15) is 8.78 Å². The van der Waals surface area contributed by atoms with Crippen LogP contribution in [0.25, 0.3) is 0 Å². The summed E-state index contributed by atoms with van der Waals surface area (Å²) in [6.07, 6.45) is 3.22. The zero-order valence-corrected chi connectivity index (χ0v) is 12.4. The zero-order chi connectivity index (χ0) is 14.8. The molecule has 0 amide bonds. The molecule has 2 aromatic carbocycles. The van der Waals surface area contributed by atoms with Crippen molar-refractivity contribution >= 4 is 11.6 Å². The summed E-state index contributed by atoms with van der Waals surface area (Å²) in [5, 5.41) is -0.192. The monoisotopic (exact) mass is 306 g/mol. The highest BCUT2D eigenvalue weighted by molar-refractivity contribution is 6.21. The molecule has 0 aliphatic heterocycles. The van der Waals surface area contributed by atoms with Gasteiger partial charge in [-0.1, -0.05) is 30.3 Å². The smallest absolute Gasteiger partial charge is 0.129 e. The number of rotatable bonds is 2. The van der Waals surface area contributed by atoms with Crippen LogP contribution in [-0.4, -0.2) is 0 Å². The zero-order valence-electron chi connectivity index (χ0n) is 11.7. The third kappa shape index (κ3) is 2.96. The van der Waals surface area contributed by atoms with E-state index >= 15 is 0 Å². The minimum Gasteiger partial charge on any atom is -0.207 e. The van der Waals surface area contributed by atoms with Gasteiger partial charge in [0.1, 0.15) is 11.6 Å². The molecule has 0 radical (unpaired) electrons. The van der Waals surface area contributed by atoms with Crippen molar-refractivity contribution in [1.29, 1.82) is 0 Å². The summed E-state index contributed by atoms with van der Waals surface area (Å²) in [5.41, 5.74) is 2.53. The summed E-state index contributed by atoms with van der Waals surface area (Å²) < 4.78 is 27.7. The van der Waals surface area contributed by atoms with Gasteiger partial charge in [0.05, 0.1) is 5.38 Å². The fourth-order valence-corrected chi connectivity index (χ4v) is 3.61. The van der Waals surface area contributed by atoms with E-state index in [0.29, 0.717) is 6.42 Å². The van der Waals surface area contributed by atoms with Crippen LogP contribution in [0, 0.1) is 17.6 Å². The molecule has 0 aromatic heterocycles. The first-order valence-corrected chi connectivity index (χ1v) is 7.75. The Balaban J connectivity index is 1.90. The van der Waals surface area contributed by atoms with Gasteiger partial charge in [-0.05, 0) is 54.9 Å². The Kier molecular flexibility index (Phi) is 4.25. The van der Waals surface area contributed by atoms with Crippen LogP contribution in [0.5, 0.6) is 0 Å². The van der Waals surface area contributed by atoms with Crippen LogP contribution in [0.15, 0.2) is 42.5 Å². The highest BCUT2D eigenvalue weighted by Crippen LogP contribution is 2.40. The molecule has 0 spiro atoms. The second-order valence-electron chi connectivity index (χ2n) is 5.66. The number of halogens is 3. The predicted octanol–water partition coefficient (Wildman–Crippen LogP) is 5.44. The Morgan fingerprint density at radius 1 is 1.00 bits per heavy atom. The van der Waals surface area contributed by atoms with Gasteiger partial charge in [0.15, 0.2) is 0 Å². The van der Waals surface area contributed by atoms with Crippen LogP contribution >= 0.6 is 11.6 Å². The normalized spacial score (nSPS) is 21.7. The number of hydrogen-bond acceptors (Lipinski definition) is 0. The van der Waals surface area contributed by atoms with Crippen LogP contribution in [0.3, 0.4) is 0 Å². The van der Waals surface area contributed by atoms with Crippen LogP contribution in [-0.2, 0) is 12.8 Å². The van der Waals surface area contributed by atoms with Gasteiger partial charge >= 0.3 is 0 Å². The van der Waals surface area contributed by atoms with Gasteiger partial charge in [-0.25, -0.2) is 8.78 Å². The summed E-state index contributed by atoms with van der Waals surface area (Å²) in [7, 11) is 0. The van der Waals surface area contributed by atoms with Crippen LogP contribution in [0.1, 0.15) is 34.9 Å². The van der Waals surface area contributed by atoms with Gasteiger partial charge in [0.25, 0.3) is 0 Å². The van der Waals surface area contributed by atoms with Crippen LogP contribution < -0.4 is 0 Å². The molecule has 2 atom stereocenters. The fourth-order valence-electron chi connectivity index (χ4n) is 3.18. The lowest BCUT2D eigenvalue weighted by Gasteiger charge is -2.21. The van der Waals surface area contributed by atoms with E-state index in [1.54, 1.807) is 0 Å². The van der Waals surface area contributed by atoms with E-state index in [0.717, 1.165) is 24.8 Å². The molecule has 3 heteroatoms. The second-order valence-corrected chi connectivity index (χ2v) is 6.13. The van der Waals surface area contributed by atoms with E-state index in [-0.39, 0.29) is 16.9 Å². The summed E-state index contributed by atoms with van der Waals surface area (Å²) in [5.74, 6) is -0.894. The molecule has 1 aliphatic carbocycles. The summed E-state index contributed by atoms with van der Waals surface area (Å²) in [4.78, 5) is 0. The lowest BCUT2D eigenvalue weighted by Crippen LogP contribution is -2.12. The average Bonchev–Trinajstić information content (AvgIpc) is 2.63. The molecule has 3 rings (SSSR count). The molecular weight excluding hydrogens is 290 g/mol. The maximum atomic E-state index is 13.8. The molecule has 0 bridgehead atoms. The average molecular weight is 307 g/mol. The van der Waals surface area contributed by atoms with Gasteiger partial charge in [-0.15, -0.1) is 11.6 Å². The molecule has 0 nitrogen and oxygen atoms in total. The Bertz CT molecular complexity index is 619. The number of alkyl halides is 1. The number of aryl methyl sites for hydroxylation is 1. The fraction of sp³-hybridized carbons (Fsp3) is 0.333. The third-order valence-corrected chi connectivity index (χ3v) is 4.91. The van der Waals surface area contributed by atoms with Crippen LogP contribution in [0.2, 0.25) is 0 Å². The van der Waals surface area contributed by atoms with Crippen molar-refractivity contribution in [3.05, 3.63) is 70.8 Å². The highest BCUT2D eigenvalue weighted by atomic mass is 35.5. The summed E-state index contributed by atoms with van der Waals surface area (Å²) in [6.45, 7) is 0. The molecule has 0 saturated heterocycles. The third-order valence-electron chi connectivity index (χ3n) is 4.32. The predicted molar refractivity (Wildman–Crippen MR) is 81.5 cm³/mol. The van der Waals surface area contributed by atoms with E-state index in [1.807, 2.05) is 18.2 Å². The minimum atomic E-state index is -0.476. The molecular formula is C18H17ClF2. The quantitative estimate of drug-likeness (QED) is 0.512. The Morgan fingerprint density at radius 2 is 1.71 bits per heavy atom. The maximum absolute atomic E-state index is 13.8. The van der Waals surface area contributed by atoms with E-state index < -0.39 is 11.6 Å². The lowest BCUT2D eigenvalue weighted by molar-refractivity contribution is 0.440. The van der Waals surface area contributed by atoms with Gasteiger partial charge < -0.3 is 0 Å². The van der Waals surface area contributed by atoms with E-state index in [1.165, 1.54) is 23.8 Å². The van der Waals surface area contributed by atoms with Gasteiger partial charge in [0, 0.05) is 5.56 Å². The number of hydrogen-bond donors (Lipinski definition) is 0. The number of fused-ring (bicyclic) bond motifs is 1. The Hall–Kier alpha value is -1.41. The largest absolute Gasteiger partial charge is 0.207 e. The maximum Gasteiger partial charge on any atom is 0.129 e. The van der Waals surface area contributed by atoms with Crippen molar-refractivity contribution in [2.24, 2.45) is 5.92 Å².